The maximum atomic E-state index is 5.23. The molecule has 0 amide bonds. The third-order valence-corrected chi connectivity index (χ3v) is 3.27. The van der Waals surface area contributed by atoms with Gasteiger partial charge in [-0.1, -0.05) is 18.2 Å². The van der Waals surface area contributed by atoms with Crippen LogP contribution in [0.5, 0.6) is 5.75 Å². The first kappa shape index (κ1) is 14.1. The van der Waals surface area contributed by atoms with Crippen molar-refractivity contribution in [2.45, 2.75) is 6.92 Å². The normalized spacial score (nSPS) is 10.5. The molecule has 0 saturated carbocycles. The molecule has 5 nitrogen and oxygen atoms in total. The molecule has 0 spiro atoms. The summed E-state index contributed by atoms with van der Waals surface area (Å²) in [6.07, 6.45) is 0. The largest absolute Gasteiger partial charge is 0.497 e. The van der Waals surface area contributed by atoms with Gasteiger partial charge in [-0.05, 0) is 31.2 Å². The molecule has 5 heteroatoms. The van der Waals surface area contributed by atoms with Gasteiger partial charge in [-0.25, -0.2) is 4.98 Å². The summed E-state index contributed by atoms with van der Waals surface area (Å²) >= 11 is 0. The van der Waals surface area contributed by atoms with Crippen LogP contribution in [0.2, 0.25) is 0 Å². The van der Waals surface area contributed by atoms with Crippen LogP contribution in [-0.4, -0.2) is 23.6 Å². The summed E-state index contributed by atoms with van der Waals surface area (Å²) < 4.78 is 5.23. The molecular weight excluding hydrogens is 276 g/mol. The van der Waals surface area contributed by atoms with Gasteiger partial charge in [-0.15, -0.1) is 0 Å². The lowest BCUT2D eigenvalue weighted by atomic mass is 10.2. The van der Waals surface area contributed by atoms with Gasteiger partial charge >= 0.3 is 0 Å². The van der Waals surface area contributed by atoms with E-state index in [1.54, 1.807) is 7.11 Å². The van der Waals surface area contributed by atoms with Crippen LogP contribution in [0, 0.1) is 0 Å². The van der Waals surface area contributed by atoms with Crippen LogP contribution in [0.1, 0.15) is 6.92 Å². The number of fused-ring (bicyclic) bond motifs is 1. The third kappa shape index (κ3) is 2.93. The van der Waals surface area contributed by atoms with E-state index in [4.69, 9.17) is 4.74 Å². The van der Waals surface area contributed by atoms with Crippen LogP contribution in [0.15, 0.2) is 48.5 Å². The number of hydrogen-bond acceptors (Lipinski definition) is 5. The van der Waals surface area contributed by atoms with Crippen LogP contribution in [0.3, 0.4) is 0 Å². The van der Waals surface area contributed by atoms with E-state index in [2.05, 4.69) is 20.6 Å². The van der Waals surface area contributed by atoms with E-state index in [-0.39, 0.29) is 0 Å². The van der Waals surface area contributed by atoms with Crippen molar-refractivity contribution in [2.24, 2.45) is 0 Å². The molecule has 0 saturated heterocycles. The summed E-state index contributed by atoms with van der Waals surface area (Å²) in [5, 5.41) is 7.53. The Labute approximate surface area is 129 Å². The minimum Gasteiger partial charge on any atom is -0.497 e. The standard InChI is InChI=1S/C17H18N4O/c1-3-18-16-14-9-4-5-10-15(14)20-17(21-16)19-12-7-6-8-13(11-12)22-2/h4-11H,3H2,1-2H3,(H2,18,19,20,21). The highest BCUT2D eigenvalue weighted by molar-refractivity contribution is 5.90. The van der Waals surface area contributed by atoms with Crippen molar-refractivity contribution in [2.75, 3.05) is 24.3 Å². The van der Waals surface area contributed by atoms with Gasteiger partial charge in [0.15, 0.2) is 0 Å². The van der Waals surface area contributed by atoms with Crippen molar-refractivity contribution < 1.29 is 4.74 Å². The highest BCUT2D eigenvalue weighted by Crippen LogP contribution is 2.24. The summed E-state index contributed by atoms with van der Waals surface area (Å²) in [5.41, 5.74) is 1.79. The molecule has 0 aliphatic heterocycles. The summed E-state index contributed by atoms with van der Waals surface area (Å²) in [7, 11) is 1.65. The second-order valence-corrected chi connectivity index (χ2v) is 4.80. The summed E-state index contributed by atoms with van der Waals surface area (Å²) in [4.78, 5) is 9.13. The van der Waals surface area contributed by atoms with E-state index in [1.165, 1.54) is 0 Å². The lowest BCUT2D eigenvalue weighted by Gasteiger charge is -2.11. The van der Waals surface area contributed by atoms with Crippen LogP contribution in [0.25, 0.3) is 10.9 Å². The summed E-state index contributed by atoms with van der Waals surface area (Å²) in [6, 6.07) is 15.6. The fourth-order valence-electron chi connectivity index (χ4n) is 2.26. The second-order valence-electron chi connectivity index (χ2n) is 4.80. The Morgan fingerprint density at radius 3 is 2.73 bits per heavy atom. The van der Waals surface area contributed by atoms with E-state index < -0.39 is 0 Å². The molecule has 112 valence electrons. The van der Waals surface area contributed by atoms with Gasteiger partial charge in [0.1, 0.15) is 11.6 Å². The first-order valence-corrected chi connectivity index (χ1v) is 7.22. The van der Waals surface area contributed by atoms with E-state index in [0.29, 0.717) is 5.95 Å². The molecule has 22 heavy (non-hydrogen) atoms. The van der Waals surface area contributed by atoms with E-state index in [9.17, 15) is 0 Å². The van der Waals surface area contributed by atoms with Gasteiger partial charge in [0.25, 0.3) is 0 Å². The molecule has 3 rings (SSSR count). The van der Waals surface area contributed by atoms with Gasteiger partial charge in [0.05, 0.1) is 12.6 Å². The molecule has 2 aromatic carbocycles. The number of aromatic nitrogens is 2. The first-order chi connectivity index (χ1) is 10.8. The molecular formula is C17H18N4O. The topological polar surface area (TPSA) is 59.1 Å². The summed E-state index contributed by atoms with van der Waals surface area (Å²) in [5.74, 6) is 2.18. The molecule has 2 N–H and O–H groups in total. The van der Waals surface area contributed by atoms with Gasteiger partial charge < -0.3 is 15.4 Å². The molecule has 0 radical (unpaired) electrons. The van der Waals surface area contributed by atoms with Crippen molar-refractivity contribution in [1.82, 2.24) is 9.97 Å². The number of anilines is 3. The fraction of sp³-hybridized carbons (Fsp3) is 0.176. The van der Waals surface area contributed by atoms with E-state index in [0.717, 1.165) is 34.7 Å². The Balaban J connectivity index is 1.99. The number of rotatable bonds is 5. The fourth-order valence-corrected chi connectivity index (χ4v) is 2.26. The van der Waals surface area contributed by atoms with E-state index >= 15 is 0 Å². The molecule has 0 aliphatic carbocycles. The van der Waals surface area contributed by atoms with Crippen molar-refractivity contribution >= 4 is 28.4 Å². The van der Waals surface area contributed by atoms with Crippen LogP contribution >= 0.6 is 0 Å². The van der Waals surface area contributed by atoms with Gasteiger partial charge in [-0.2, -0.15) is 4.98 Å². The average Bonchev–Trinajstić information content (AvgIpc) is 2.55. The highest BCUT2D eigenvalue weighted by atomic mass is 16.5. The average molecular weight is 294 g/mol. The predicted molar refractivity (Wildman–Crippen MR) is 90.0 cm³/mol. The lowest BCUT2D eigenvalue weighted by Crippen LogP contribution is -2.04. The number of nitrogens with one attached hydrogen (secondary N) is 2. The molecule has 0 fully saturated rings. The molecule has 1 heterocycles. The Morgan fingerprint density at radius 1 is 1.05 bits per heavy atom. The Hall–Kier alpha value is -2.82. The second kappa shape index (κ2) is 6.30. The number of ether oxygens (including phenoxy) is 1. The zero-order chi connectivity index (χ0) is 15.4. The maximum absolute atomic E-state index is 5.23. The third-order valence-electron chi connectivity index (χ3n) is 3.27. The number of nitrogens with zero attached hydrogens (tertiary/aromatic N) is 2. The molecule has 0 unspecified atom stereocenters. The van der Waals surface area contributed by atoms with Gasteiger partial charge in [0, 0.05) is 23.7 Å². The van der Waals surface area contributed by atoms with Crippen molar-refractivity contribution in [3.05, 3.63) is 48.5 Å². The van der Waals surface area contributed by atoms with Crippen LogP contribution in [-0.2, 0) is 0 Å². The molecule has 0 aliphatic rings. The minimum atomic E-state index is 0.558. The molecule has 0 atom stereocenters. The van der Waals surface area contributed by atoms with Crippen LogP contribution < -0.4 is 15.4 Å². The first-order valence-electron chi connectivity index (χ1n) is 7.22. The maximum Gasteiger partial charge on any atom is 0.229 e. The number of hydrogen-bond donors (Lipinski definition) is 2. The van der Waals surface area contributed by atoms with Crippen LogP contribution in [0.4, 0.5) is 17.5 Å². The minimum absolute atomic E-state index is 0.558. The lowest BCUT2D eigenvalue weighted by molar-refractivity contribution is 0.415. The van der Waals surface area contributed by atoms with Crippen molar-refractivity contribution in [3.8, 4) is 5.75 Å². The molecule has 0 bridgehead atoms. The van der Waals surface area contributed by atoms with Gasteiger partial charge in [0.2, 0.25) is 5.95 Å². The van der Waals surface area contributed by atoms with Crippen molar-refractivity contribution in [3.63, 3.8) is 0 Å². The Kier molecular flexibility index (Phi) is 4.05. The predicted octanol–water partition coefficient (Wildman–Crippen LogP) is 3.81. The number of para-hydroxylation sites is 1. The monoisotopic (exact) mass is 294 g/mol. The zero-order valence-electron chi connectivity index (χ0n) is 12.6. The summed E-state index contributed by atoms with van der Waals surface area (Å²) in [6.45, 7) is 2.85. The quantitative estimate of drug-likeness (QED) is 0.749. The highest BCUT2D eigenvalue weighted by Gasteiger charge is 2.07. The van der Waals surface area contributed by atoms with E-state index in [1.807, 2.05) is 55.5 Å². The smallest absolute Gasteiger partial charge is 0.229 e. The van der Waals surface area contributed by atoms with Crippen molar-refractivity contribution in [1.29, 1.82) is 0 Å². The number of benzene rings is 2. The zero-order valence-corrected chi connectivity index (χ0v) is 12.6. The molecule has 1 aromatic heterocycles. The number of methoxy groups -OCH3 is 1. The Morgan fingerprint density at radius 2 is 1.91 bits per heavy atom. The van der Waals surface area contributed by atoms with Gasteiger partial charge in [-0.3, -0.25) is 0 Å². The Bertz CT molecular complexity index is 788. The SMILES string of the molecule is CCNc1nc(Nc2cccc(OC)c2)nc2ccccc12. The molecule has 3 aromatic rings.